The van der Waals surface area contributed by atoms with Gasteiger partial charge in [-0.2, -0.15) is 0 Å². The molecular formula is C33H18N2S2. The van der Waals surface area contributed by atoms with E-state index in [0.717, 1.165) is 5.52 Å². The van der Waals surface area contributed by atoms with Crippen LogP contribution in [0.2, 0.25) is 0 Å². The van der Waals surface area contributed by atoms with Gasteiger partial charge >= 0.3 is 0 Å². The van der Waals surface area contributed by atoms with Crippen LogP contribution in [-0.2, 0) is 0 Å². The van der Waals surface area contributed by atoms with Crippen LogP contribution < -0.4 is 0 Å². The Morgan fingerprint density at radius 3 is 2.30 bits per heavy atom. The summed E-state index contributed by atoms with van der Waals surface area (Å²) in [6, 6.07) is 37.7. The largest absolute Gasteiger partial charge is 0.306 e. The molecule has 0 atom stereocenters. The fourth-order valence-electron chi connectivity index (χ4n) is 6.01. The van der Waals surface area contributed by atoms with Gasteiger partial charge in [0.05, 0.1) is 31.6 Å². The second kappa shape index (κ2) is 7.16. The first-order valence-electron chi connectivity index (χ1n) is 12.4. The molecular weight excluding hydrogens is 489 g/mol. The number of thiophene rings is 2. The summed E-state index contributed by atoms with van der Waals surface area (Å²) in [5, 5.41) is 9.05. The standard InChI is InChI=1S/C33H18N2S2/c1-3-11-27-20(8-1)22-14-15-24-25-17-19-7-6-16-34-26(19)18-30(25)37-33(24)31(22)35(27)28-12-5-10-23-21-9-2-4-13-29(21)36-32(23)28/h1-18H. The quantitative estimate of drug-likeness (QED) is 0.217. The number of benzene rings is 5. The molecule has 4 heteroatoms. The van der Waals surface area contributed by atoms with E-state index in [0.29, 0.717) is 0 Å². The third-order valence-corrected chi connectivity index (χ3v) is 10.0. The Labute approximate surface area is 219 Å². The summed E-state index contributed by atoms with van der Waals surface area (Å²) >= 11 is 3.77. The van der Waals surface area contributed by atoms with Crippen LogP contribution in [-0.4, -0.2) is 9.55 Å². The van der Waals surface area contributed by atoms with E-state index >= 15 is 0 Å². The van der Waals surface area contributed by atoms with Gasteiger partial charge in [-0.1, -0.05) is 66.7 Å². The molecule has 9 aromatic rings. The van der Waals surface area contributed by atoms with Crippen molar-refractivity contribution in [2.45, 2.75) is 0 Å². The second-order valence-corrected chi connectivity index (χ2v) is 11.7. The highest BCUT2D eigenvalue weighted by molar-refractivity contribution is 7.27. The van der Waals surface area contributed by atoms with Gasteiger partial charge in [0.1, 0.15) is 0 Å². The molecule has 0 aliphatic carbocycles. The van der Waals surface area contributed by atoms with Crippen molar-refractivity contribution in [1.82, 2.24) is 9.55 Å². The van der Waals surface area contributed by atoms with Gasteiger partial charge in [-0.15, -0.1) is 22.7 Å². The van der Waals surface area contributed by atoms with Crippen LogP contribution in [0.25, 0.3) is 78.7 Å². The molecule has 0 aliphatic heterocycles. The highest BCUT2D eigenvalue weighted by atomic mass is 32.1. The molecule has 0 spiro atoms. The lowest BCUT2D eigenvalue weighted by Gasteiger charge is -2.10. The molecule has 9 rings (SSSR count). The van der Waals surface area contributed by atoms with Crippen molar-refractivity contribution < 1.29 is 0 Å². The van der Waals surface area contributed by atoms with Crippen LogP contribution in [0.15, 0.2) is 109 Å². The van der Waals surface area contributed by atoms with Gasteiger partial charge in [0, 0.05) is 53.3 Å². The van der Waals surface area contributed by atoms with Crippen LogP contribution in [0.4, 0.5) is 0 Å². The summed E-state index contributed by atoms with van der Waals surface area (Å²) < 4.78 is 7.79. The molecule has 2 nitrogen and oxygen atoms in total. The van der Waals surface area contributed by atoms with Gasteiger partial charge in [-0.25, -0.2) is 0 Å². The number of rotatable bonds is 1. The number of para-hydroxylation sites is 1. The molecule has 4 aromatic heterocycles. The first kappa shape index (κ1) is 19.9. The van der Waals surface area contributed by atoms with Gasteiger partial charge in [-0.05, 0) is 36.4 Å². The predicted octanol–water partition coefficient (Wildman–Crippen LogP) is 10.1. The Bertz CT molecular complexity index is 2370. The Kier molecular flexibility index (Phi) is 3.85. The van der Waals surface area contributed by atoms with E-state index in [2.05, 4.69) is 107 Å². The first-order valence-corrected chi connectivity index (χ1v) is 14.0. The van der Waals surface area contributed by atoms with Gasteiger partial charge in [0.25, 0.3) is 0 Å². The number of pyridine rings is 1. The third-order valence-electron chi connectivity index (χ3n) is 7.62. The molecule has 37 heavy (non-hydrogen) atoms. The van der Waals surface area contributed by atoms with Gasteiger partial charge in [-0.3, -0.25) is 4.98 Å². The summed E-state index contributed by atoms with van der Waals surface area (Å²) in [4.78, 5) is 4.62. The van der Waals surface area contributed by atoms with Crippen LogP contribution in [0.5, 0.6) is 0 Å². The lowest BCUT2D eigenvalue weighted by Crippen LogP contribution is -1.94. The van der Waals surface area contributed by atoms with Gasteiger partial charge in [0.2, 0.25) is 0 Å². The summed E-state index contributed by atoms with van der Waals surface area (Å²) in [6.07, 6.45) is 1.88. The first-order chi connectivity index (χ1) is 18.3. The van der Waals surface area contributed by atoms with Crippen LogP contribution in [0, 0.1) is 0 Å². The number of nitrogens with zero attached hydrogens (tertiary/aromatic N) is 2. The Balaban J connectivity index is 1.50. The zero-order valence-corrected chi connectivity index (χ0v) is 21.2. The minimum atomic E-state index is 1.05. The SMILES string of the molecule is c1cnc2cc3sc4c(ccc5c6ccccc6n(-c6cccc7c6sc6ccccc67)c54)c3cc2c1. The smallest absolute Gasteiger partial charge is 0.0720 e. The second-order valence-electron chi connectivity index (χ2n) is 9.59. The van der Waals surface area contributed by atoms with Crippen molar-refractivity contribution in [2.24, 2.45) is 0 Å². The summed E-state index contributed by atoms with van der Waals surface area (Å²) in [7, 11) is 0. The molecule has 0 unspecified atom stereocenters. The van der Waals surface area contributed by atoms with Crippen LogP contribution in [0.3, 0.4) is 0 Å². The fraction of sp³-hybridized carbons (Fsp3) is 0. The van der Waals surface area contributed by atoms with E-state index in [9.17, 15) is 0 Å². The molecule has 0 radical (unpaired) electrons. The summed E-state index contributed by atoms with van der Waals surface area (Å²) in [5.74, 6) is 0. The maximum Gasteiger partial charge on any atom is 0.0720 e. The van der Waals surface area contributed by atoms with Crippen molar-refractivity contribution in [2.75, 3.05) is 0 Å². The zero-order valence-electron chi connectivity index (χ0n) is 19.6. The lowest BCUT2D eigenvalue weighted by molar-refractivity contribution is 1.21. The topological polar surface area (TPSA) is 17.8 Å². The molecule has 0 fully saturated rings. The number of hydrogen-bond acceptors (Lipinski definition) is 3. The van der Waals surface area contributed by atoms with Crippen molar-refractivity contribution in [3.05, 3.63) is 109 Å². The van der Waals surface area contributed by atoms with Crippen LogP contribution in [0.1, 0.15) is 0 Å². The third kappa shape index (κ3) is 2.61. The minimum Gasteiger partial charge on any atom is -0.306 e. The normalized spacial score (nSPS) is 12.3. The molecule has 0 amide bonds. The minimum absolute atomic E-state index is 1.05. The van der Waals surface area contributed by atoms with E-state index in [1.807, 2.05) is 34.9 Å². The molecule has 0 N–H and O–H groups in total. The van der Waals surface area contributed by atoms with Crippen molar-refractivity contribution in [3.8, 4) is 5.69 Å². The van der Waals surface area contributed by atoms with E-state index in [-0.39, 0.29) is 0 Å². The van der Waals surface area contributed by atoms with E-state index < -0.39 is 0 Å². The van der Waals surface area contributed by atoms with E-state index in [1.54, 1.807) is 0 Å². The number of hydrogen-bond donors (Lipinski definition) is 0. The Morgan fingerprint density at radius 2 is 1.32 bits per heavy atom. The highest BCUT2D eigenvalue weighted by Crippen LogP contribution is 2.45. The number of aromatic nitrogens is 2. The Hall–Kier alpha value is -4.25. The fourth-order valence-corrected chi connectivity index (χ4v) is 8.47. The van der Waals surface area contributed by atoms with Gasteiger partial charge < -0.3 is 4.57 Å². The molecule has 4 heterocycles. The average Bonchev–Trinajstić information content (AvgIpc) is 3.61. The molecule has 0 aliphatic rings. The van der Waals surface area contributed by atoms with E-state index in [4.69, 9.17) is 0 Å². The average molecular weight is 507 g/mol. The van der Waals surface area contributed by atoms with Crippen LogP contribution >= 0.6 is 22.7 Å². The summed E-state index contributed by atoms with van der Waals surface area (Å²) in [5.41, 5.74) is 4.84. The van der Waals surface area contributed by atoms with Gasteiger partial charge in [0.15, 0.2) is 0 Å². The Morgan fingerprint density at radius 1 is 0.541 bits per heavy atom. The summed E-state index contributed by atoms with van der Waals surface area (Å²) in [6.45, 7) is 0. The maximum absolute atomic E-state index is 4.62. The van der Waals surface area contributed by atoms with Crippen molar-refractivity contribution in [1.29, 1.82) is 0 Å². The number of fused-ring (bicyclic) bond motifs is 11. The predicted molar refractivity (Wildman–Crippen MR) is 162 cm³/mol. The van der Waals surface area contributed by atoms with Crippen molar-refractivity contribution in [3.63, 3.8) is 0 Å². The van der Waals surface area contributed by atoms with E-state index in [1.165, 1.54) is 73.2 Å². The lowest BCUT2D eigenvalue weighted by atomic mass is 10.1. The zero-order chi connectivity index (χ0) is 24.1. The molecule has 0 bridgehead atoms. The maximum atomic E-state index is 4.62. The molecule has 0 saturated carbocycles. The highest BCUT2D eigenvalue weighted by Gasteiger charge is 2.20. The molecule has 172 valence electrons. The molecule has 5 aromatic carbocycles. The molecule has 0 saturated heterocycles. The van der Waals surface area contributed by atoms with Crippen molar-refractivity contribution >= 4 is 95.7 Å². The monoisotopic (exact) mass is 506 g/mol.